The predicted octanol–water partition coefficient (Wildman–Crippen LogP) is 3.35. The van der Waals surface area contributed by atoms with Crippen LogP contribution in [0.5, 0.6) is 0 Å². The van der Waals surface area contributed by atoms with E-state index in [0.717, 1.165) is 5.56 Å². The van der Waals surface area contributed by atoms with Gasteiger partial charge >= 0.3 is 6.09 Å². The van der Waals surface area contributed by atoms with E-state index >= 15 is 0 Å². The summed E-state index contributed by atoms with van der Waals surface area (Å²) in [6.07, 6.45) is 0.945. The second-order valence-corrected chi connectivity index (χ2v) is 4.65. The number of benzene rings is 1. The van der Waals surface area contributed by atoms with Crippen molar-refractivity contribution < 1.29 is 9.53 Å². The SMILES string of the molecule is Cc1ccc(/C=N\C(=O)OC(C)(C)C)cc1. The van der Waals surface area contributed by atoms with Gasteiger partial charge in [-0.15, -0.1) is 0 Å². The lowest BCUT2D eigenvalue weighted by Crippen LogP contribution is -2.21. The molecule has 0 aliphatic heterocycles. The summed E-state index contributed by atoms with van der Waals surface area (Å²) in [6.45, 7) is 7.44. The maximum atomic E-state index is 11.3. The fourth-order valence-corrected chi connectivity index (χ4v) is 1.07. The zero-order valence-corrected chi connectivity index (χ0v) is 10.2. The summed E-state index contributed by atoms with van der Waals surface area (Å²) in [5, 5.41) is 0. The van der Waals surface area contributed by atoms with Crippen molar-refractivity contribution >= 4 is 12.3 Å². The fraction of sp³-hybridized carbons (Fsp3) is 0.385. The summed E-state index contributed by atoms with van der Waals surface area (Å²) < 4.78 is 5.05. The Bertz CT molecular complexity index is 385. The molecule has 3 heteroatoms. The molecular weight excluding hydrogens is 202 g/mol. The van der Waals surface area contributed by atoms with Gasteiger partial charge in [-0.1, -0.05) is 29.8 Å². The summed E-state index contributed by atoms with van der Waals surface area (Å²) >= 11 is 0. The molecule has 1 amide bonds. The first-order valence-corrected chi connectivity index (χ1v) is 5.20. The number of hydrogen-bond donors (Lipinski definition) is 0. The molecule has 0 aliphatic carbocycles. The van der Waals surface area contributed by atoms with Gasteiger partial charge in [-0.05, 0) is 33.3 Å². The van der Waals surface area contributed by atoms with Crippen molar-refractivity contribution in [1.82, 2.24) is 0 Å². The van der Waals surface area contributed by atoms with Crippen molar-refractivity contribution in [2.24, 2.45) is 4.99 Å². The molecule has 0 saturated heterocycles. The van der Waals surface area contributed by atoms with Crippen LogP contribution >= 0.6 is 0 Å². The Labute approximate surface area is 96.2 Å². The van der Waals surface area contributed by atoms with Gasteiger partial charge in [0.25, 0.3) is 0 Å². The van der Waals surface area contributed by atoms with Crippen LogP contribution in [-0.4, -0.2) is 17.9 Å². The summed E-state index contributed by atoms with van der Waals surface area (Å²) in [6, 6.07) is 7.75. The molecule has 16 heavy (non-hydrogen) atoms. The standard InChI is InChI=1S/C13H17NO2/c1-10-5-7-11(8-6-10)9-14-12(15)16-13(2,3)4/h5-9H,1-4H3/b14-9-. The molecule has 0 saturated carbocycles. The van der Waals surface area contributed by atoms with Crippen LogP contribution in [-0.2, 0) is 4.74 Å². The Morgan fingerprint density at radius 3 is 2.31 bits per heavy atom. The number of carbonyl (C=O) groups is 1. The normalized spacial score (nSPS) is 11.8. The smallest absolute Gasteiger partial charge is 0.434 e. The Morgan fingerprint density at radius 2 is 1.81 bits per heavy atom. The van der Waals surface area contributed by atoms with Gasteiger partial charge in [0.15, 0.2) is 0 Å². The summed E-state index contributed by atoms with van der Waals surface area (Å²) in [5.74, 6) is 0. The molecule has 1 rings (SSSR count). The Kier molecular flexibility index (Phi) is 3.82. The third kappa shape index (κ3) is 4.73. The van der Waals surface area contributed by atoms with Crippen molar-refractivity contribution in [3.05, 3.63) is 35.4 Å². The number of aryl methyl sites for hydroxylation is 1. The topological polar surface area (TPSA) is 38.7 Å². The highest BCUT2D eigenvalue weighted by molar-refractivity contribution is 5.88. The third-order valence-corrected chi connectivity index (χ3v) is 1.79. The molecule has 1 aromatic carbocycles. The van der Waals surface area contributed by atoms with Crippen LogP contribution in [0.2, 0.25) is 0 Å². The molecule has 0 radical (unpaired) electrons. The van der Waals surface area contributed by atoms with Crippen molar-refractivity contribution in [2.75, 3.05) is 0 Å². The van der Waals surface area contributed by atoms with Gasteiger partial charge < -0.3 is 4.74 Å². The van der Waals surface area contributed by atoms with Crippen molar-refractivity contribution in [2.45, 2.75) is 33.3 Å². The molecule has 0 heterocycles. The fourth-order valence-electron chi connectivity index (χ4n) is 1.07. The molecular formula is C13H17NO2. The Balaban J connectivity index is 2.60. The molecule has 0 spiro atoms. The lowest BCUT2D eigenvalue weighted by Gasteiger charge is -2.17. The van der Waals surface area contributed by atoms with Crippen LogP contribution in [0.1, 0.15) is 31.9 Å². The third-order valence-electron chi connectivity index (χ3n) is 1.79. The highest BCUT2D eigenvalue weighted by Gasteiger charge is 2.14. The van der Waals surface area contributed by atoms with E-state index in [4.69, 9.17) is 4.74 Å². The van der Waals surface area contributed by atoms with Crippen LogP contribution in [0.4, 0.5) is 4.79 Å². The van der Waals surface area contributed by atoms with Crippen LogP contribution in [0, 0.1) is 6.92 Å². The van der Waals surface area contributed by atoms with Crippen molar-refractivity contribution in [3.63, 3.8) is 0 Å². The molecule has 0 fully saturated rings. The number of carbonyl (C=O) groups excluding carboxylic acids is 1. The molecule has 0 N–H and O–H groups in total. The average molecular weight is 219 g/mol. The second-order valence-electron chi connectivity index (χ2n) is 4.65. The molecule has 0 bridgehead atoms. The molecule has 1 aromatic rings. The summed E-state index contributed by atoms with van der Waals surface area (Å²) in [5.41, 5.74) is 1.56. The molecule has 0 aromatic heterocycles. The van der Waals surface area contributed by atoms with E-state index in [-0.39, 0.29) is 0 Å². The number of nitrogens with zero attached hydrogens (tertiary/aromatic N) is 1. The Hall–Kier alpha value is -1.64. The minimum absolute atomic E-state index is 0.498. The van der Waals surface area contributed by atoms with Crippen LogP contribution in [0.15, 0.2) is 29.3 Å². The number of amides is 1. The second kappa shape index (κ2) is 4.92. The number of ether oxygens (including phenoxy) is 1. The zero-order valence-electron chi connectivity index (χ0n) is 10.2. The minimum atomic E-state index is -0.562. The molecule has 0 unspecified atom stereocenters. The van der Waals surface area contributed by atoms with E-state index < -0.39 is 11.7 Å². The first kappa shape index (κ1) is 12.4. The first-order valence-electron chi connectivity index (χ1n) is 5.20. The maximum absolute atomic E-state index is 11.3. The van der Waals surface area contributed by atoms with E-state index in [2.05, 4.69) is 4.99 Å². The van der Waals surface area contributed by atoms with Gasteiger partial charge in [0, 0.05) is 6.21 Å². The lowest BCUT2D eigenvalue weighted by atomic mass is 10.2. The van der Waals surface area contributed by atoms with Gasteiger partial charge in [-0.2, -0.15) is 4.99 Å². The van der Waals surface area contributed by atoms with Gasteiger partial charge in [0.2, 0.25) is 0 Å². The van der Waals surface area contributed by atoms with E-state index in [1.165, 1.54) is 11.8 Å². The van der Waals surface area contributed by atoms with Gasteiger partial charge in [-0.3, -0.25) is 0 Å². The van der Waals surface area contributed by atoms with Gasteiger partial charge in [0.05, 0.1) is 0 Å². The van der Waals surface area contributed by atoms with Gasteiger partial charge in [0.1, 0.15) is 5.60 Å². The predicted molar refractivity (Wildman–Crippen MR) is 65.0 cm³/mol. The number of aliphatic imine (C=N–C) groups is 1. The number of hydrogen-bond acceptors (Lipinski definition) is 2. The van der Waals surface area contributed by atoms with E-state index in [0.29, 0.717) is 0 Å². The summed E-state index contributed by atoms with van der Waals surface area (Å²) in [4.78, 5) is 15.0. The Morgan fingerprint density at radius 1 is 1.25 bits per heavy atom. The van der Waals surface area contributed by atoms with Crippen LogP contribution in [0.3, 0.4) is 0 Å². The molecule has 3 nitrogen and oxygen atoms in total. The van der Waals surface area contributed by atoms with Crippen LogP contribution in [0.25, 0.3) is 0 Å². The van der Waals surface area contributed by atoms with E-state index in [9.17, 15) is 4.79 Å². The monoisotopic (exact) mass is 219 g/mol. The number of rotatable bonds is 1. The van der Waals surface area contributed by atoms with Crippen LogP contribution < -0.4 is 0 Å². The molecule has 0 aliphatic rings. The molecule has 86 valence electrons. The van der Waals surface area contributed by atoms with E-state index in [1.807, 2.05) is 52.0 Å². The quantitative estimate of drug-likeness (QED) is 0.679. The molecule has 0 atom stereocenters. The summed E-state index contributed by atoms with van der Waals surface area (Å²) in [7, 11) is 0. The van der Waals surface area contributed by atoms with E-state index in [1.54, 1.807) is 0 Å². The first-order chi connectivity index (χ1) is 7.37. The highest BCUT2D eigenvalue weighted by atomic mass is 16.6. The largest absolute Gasteiger partial charge is 0.442 e. The van der Waals surface area contributed by atoms with Crippen molar-refractivity contribution in [3.8, 4) is 0 Å². The maximum Gasteiger partial charge on any atom is 0.434 e. The lowest BCUT2D eigenvalue weighted by molar-refractivity contribution is 0.0605. The highest BCUT2D eigenvalue weighted by Crippen LogP contribution is 2.08. The average Bonchev–Trinajstić information content (AvgIpc) is 2.14. The van der Waals surface area contributed by atoms with Gasteiger partial charge in [-0.25, -0.2) is 4.79 Å². The minimum Gasteiger partial charge on any atom is -0.442 e. The van der Waals surface area contributed by atoms with Crippen molar-refractivity contribution in [1.29, 1.82) is 0 Å². The zero-order chi connectivity index (χ0) is 12.2.